The molecule has 2 heterocycles. The molecular weight excluding hydrogens is 1030 g/mol. The van der Waals surface area contributed by atoms with Gasteiger partial charge in [-0.3, -0.25) is 9.80 Å². The number of carbonyl (C=O) groups excluding carboxylic acids is 2. The highest BCUT2D eigenvalue weighted by Gasteiger charge is 2.25. The molecule has 0 radical (unpaired) electrons. The lowest BCUT2D eigenvalue weighted by Crippen LogP contribution is -2.26. The number of methoxy groups -OCH3 is 4. The van der Waals surface area contributed by atoms with Crippen LogP contribution in [0.15, 0.2) is 188 Å². The Morgan fingerprint density at radius 3 is 1.16 bits per heavy atom. The van der Waals surface area contributed by atoms with Crippen molar-refractivity contribution in [2.45, 2.75) is 105 Å². The Bertz CT molecular complexity index is 3440. The molecule has 0 bridgehead atoms. The highest BCUT2D eigenvalue weighted by Crippen LogP contribution is 2.34. The minimum atomic E-state index is -0.412. The molecule has 12 nitrogen and oxygen atoms in total. The molecule has 0 saturated carbocycles. The molecule has 0 unspecified atom stereocenters. The minimum absolute atomic E-state index is 0.393. The van der Waals surface area contributed by atoms with Gasteiger partial charge in [0, 0.05) is 68.1 Å². The zero-order chi connectivity index (χ0) is 58.3. The van der Waals surface area contributed by atoms with Gasteiger partial charge in [-0.15, -0.1) is 0 Å². The second kappa shape index (κ2) is 31.0. The second-order valence-electron chi connectivity index (χ2n) is 20.7. The Labute approximate surface area is 491 Å². The first-order valence-electron chi connectivity index (χ1n) is 29.1. The Kier molecular flexibility index (Phi) is 22.6. The van der Waals surface area contributed by atoms with Crippen LogP contribution in [0.3, 0.4) is 0 Å². The molecule has 0 amide bonds. The van der Waals surface area contributed by atoms with E-state index in [1.165, 1.54) is 31.2 Å². The molecule has 83 heavy (non-hydrogen) atoms. The maximum Gasteiger partial charge on any atom is 0.341 e. The van der Waals surface area contributed by atoms with Crippen molar-refractivity contribution in [1.82, 2.24) is 28.9 Å². The SMILES string of the molecule is CCCCN(Cc1ccc(OC)c(C(=O)OC)c1)Cc1c(-c2ccccc2)nc(-c2ccccc2)n1CCCC.CCCCn1c(-c2ccccc2)nc(-c2ccccc2)c1CN(Cc1ccccc1)Cc1ccc(OC)c(C(=O)OC)c1. The van der Waals surface area contributed by atoms with Crippen molar-refractivity contribution in [2.24, 2.45) is 0 Å². The number of benzene rings is 7. The van der Waals surface area contributed by atoms with Crippen LogP contribution in [-0.4, -0.2) is 75.8 Å². The Morgan fingerprint density at radius 1 is 0.410 bits per heavy atom. The summed E-state index contributed by atoms with van der Waals surface area (Å²) in [7, 11) is 5.93. The molecule has 0 N–H and O–H groups in total. The van der Waals surface area contributed by atoms with E-state index in [1.54, 1.807) is 14.2 Å². The summed E-state index contributed by atoms with van der Waals surface area (Å²) in [5, 5.41) is 0. The van der Waals surface area contributed by atoms with Crippen molar-refractivity contribution >= 4 is 11.9 Å². The van der Waals surface area contributed by atoms with E-state index in [2.05, 4.69) is 161 Å². The first kappa shape index (κ1) is 60.5. The number of carbonyl (C=O) groups is 2. The van der Waals surface area contributed by atoms with Crippen molar-refractivity contribution < 1.29 is 28.5 Å². The highest BCUT2D eigenvalue weighted by molar-refractivity contribution is 5.93. The number of unbranched alkanes of at least 4 members (excludes halogenated alkanes) is 3. The normalized spacial score (nSPS) is 11.1. The van der Waals surface area contributed by atoms with Gasteiger partial charge < -0.3 is 28.1 Å². The number of imidazole rings is 2. The molecule has 0 aliphatic heterocycles. The molecule has 9 rings (SSSR count). The third kappa shape index (κ3) is 15.9. The van der Waals surface area contributed by atoms with E-state index in [-0.39, 0.29) is 0 Å². The average Bonchev–Trinajstić information content (AvgIpc) is 4.31. The first-order valence-corrected chi connectivity index (χ1v) is 29.1. The zero-order valence-corrected chi connectivity index (χ0v) is 49.4. The van der Waals surface area contributed by atoms with Crippen molar-refractivity contribution in [3.8, 4) is 56.8 Å². The summed E-state index contributed by atoms with van der Waals surface area (Å²) in [5.41, 5.74) is 13.0. The van der Waals surface area contributed by atoms with Gasteiger partial charge in [-0.25, -0.2) is 19.6 Å². The van der Waals surface area contributed by atoms with Gasteiger partial charge in [0.15, 0.2) is 0 Å². The predicted octanol–water partition coefficient (Wildman–Crippen LogP) is 15.6. The van der Waals surface area contributed by atoms with Crippen LogP contribution in [0.1, 0.15) is 108 Å². The fourth-order valence-corrected chi connectivity index (χ4v) is 10.5. The zero-order valence-electron chi connectivity index (χ0n) is 49.4. The summed E-state index contributed by atoms with van der Waals surface area (Å²) in [5.74, 6) is 2.21. The van der Waals surface area contributed by atoms with Crippen molar-refractivity contribution in [3.05, 3.63) is 227 Å². The molecule has 0 aliphatic rings. The summed E-state index contributed by atoms with van der Waals surface area (Å²) in [4.78, 5) is 40.5. The topological polar surface area (TPSA) is 113 Å². The maximum atomic E-state index is 12.6. The molecule has 0 fully saturated rings. The smallest absolute Gasteiger partial charge is 0.341 e. The van der Waals surface area contributed by atoms with Crippen LogP contribution in [0, 0.1) is 0 Å². The average molecular weight is 1110 g/mol. The lowest BCUT2D eigenvalue weighted by atomic mass is 10.1. The summed E-state index contributed by atoms with van der Waals surface area (Å²) < 4.78 is 25.8. The molecule has 12 heteroatoms. The van der Waals surface area contributed by atoms with Crippen LogP contribution in [-0.2, 0) is 55.3 Å². The van der Waals surface area contributed by atoms with Gasteiger partial charge in [0.05, 0.1) is 51.2 Å². The van der Waals surface area contributed by atoms with E-state index in [0.29, 0.717) is 42.3 Å². The molecule has 430 valence electrons. The third-order valence-electron chi connectivity index (χ3n) is 14.7. The van der Waals surface area contributed by atoms with Crippen LogP contribution in [0.2, 0.25) is 0 Å². The van der Waals surface area contributed by atoms with E-state index in [0.717, 1.165) is 128 Å². The molecule has 0 atom stereocenters. The summed E-state index contributed by atoms with van der Waals surface area (Å²) in [6, 6.07) is 63.9. The molecule has 0 saturated heterocycles. The van der Waals surface area contributed by atoms with Crippen LogP contribution in [0.4, 0.5) is 0 Å². The molecule has 0 aliphatic carbocycles. The van der Waals surface area contributed by atoms with E-state index in [1.807, 2.05) is 66.7 Å². The van der Waals surface area contributed by atoms with Crippen LogP contribution in [0.5, 0.6) is 11.5 Å². The number of hydrogen-bond acceptors (Lipinski definition) is 10. The Morgan fingerprint density at radius 2 is 0.771 bits per heavy atom. The highest BCUT2D eigenvalue weighted by atomic mass is 16.5. The number of aromatic nitrogens is 4. The quantitative estimate of drug-likeness (QED) is 0.0461. The number of ether oxygens (including phenoxy) is 4. The predicted molar refractivity (Wildman–Crippen MR) is 333 cm³/mol. The monoisotopic (exact) mass is 1110 g/mol. The molecule has 2 aromatic heterocycles. The van der Waals surface area contributed by atoms with E-state index in [9.17, 15) is 9.59 Å². The minimum Gasteiger partial charge on any atom is -0.496 e. The number of rotatable bonds is 27. The molecular formula is C71H80N6O6. The summed E-state index contributed by atoms with van der Waals surface area (Å²) in [6.45, 7) is 12.9. The molecule has 0 spiro atoms. The van der Waals surface area contributed by atoms with Gasteiger partial charge in [-0.05, 0) is 66.8 Å². The number of esters is 2. The lowest BCUT2D eigenvalue weighted by Gasteiger charge is -2.25. The van der Waals surface area contributed by atoms with Crippen LogP contribution >= 0.6 is 0 Å². The Balaban J connectivity index is 0.000000217. The fourth-order valence-electron chi connectivity index (χ4n) is 10.5. The van der Waals surface area contributed by atoms with Gasteiger partial charge in [-0.2, -0.15) is 0 Å². The van der Waals surface area contributed by atoms with Crippen LogP contribution in [0.25, 0.3) is 45.3 Å². The van der Waals surface area contributed by atoms with Gasteiger partial charge in [0.25, 0.3) is 0 Å². The lowest BCUT2D eigenvalue weighted by molar-refractivity contribution is 0.0587. The standard InChI is InChI=1S/C37H39N3O3.C34H41N3O3/c1-4-5-23-40-33(35(30-17-11-7-12-18-30)38-36(40)31-19-13-8-14-20-31)27-39(25-28-15-9-6-10-16-28)26-29-21-22-34(42-2)32(24-29)37(41)43-3;1-5-7-21-36(24-26-19-20-31(39-3)29(23-26)34(38)40-4)25-30-32(27-15-11-9-12-16-27)35-33(37(30)22-8-6-2)28-17-13-10-14-18-28/h6-22,24H,4-5,23,25-27H2,1-3H3;9-20,23H,5-8,21-22,24-25H2,1-4H3. The largest absolute Gasteiger partial charge is 0.496 e. The maximum absolute atomic E-state index is 12.6. The van der Waals surface area contributed by atoms with Gasteiger partial charge in [0.2, 0.25) is 0 Å². The van der Waals surface area contributed by atoms with E-state index >= 15 is 0 Å². The van der Waals surface area contributed by atoms with Crippen LogP contribution < -0.4 is 9.47 Å². The Hall–Kier alpha value is -8.58. The van der Waals surface area contributed by atoms with E-state index < -0.39 is 11.9 Å². The molecule has 9 aromatic rings. The number of nitrogens with zero attached hydrogens (tertiary/aromatic N) is 6. The van der Waals surface area contributed by atoms with Gasteiger partial charge in [-0.1, -0.05) is 204 Å². The van der Waals surface area contributed by atoms with Crippen molar-refractivity contribution in [1.29, 1.82) is 0 Å². The first-order chi connectivity index (χ1) is 40.7. The van der Waals surface area contributed by atoms with Crippen molar-refractivity contribution in [3.63, 3.8) is 0 Å². The third-order valence-corrected chi connectivity index (χ3v) is 14.7. The number of hydrogen-bond donors (Lipinski definition) is 0. The van der Waals surface area contributed by atoms with Gasteiger partial charge >= 0.3 is 11.9 Å². The summed E-state index contributed by atoms with van der Waals surface area (Å²) in [6.07, 6.45) is 6.50. The van der Waals surface area contributed by atoms with E-state index in [4.69, 9.17) is 28.9 Å². The molecule has 7 aromatic carbocycles. The summed E-state index contributed by atoms with van der Waals surface area (Å²) >= 11 is 0. The van der Waals surface area contributed by atoms with Crippen molar-refractivity contribution in [2.75, 3.05) is 35.0 Å². The van der Waals surface area contributed by atoms with Gasteiger partial charge in [0.1, 0.15) is 34.3 Å². The fraction of sp³-hybridized carbons (Fsp3) is 0.296. The second-order valence-corrected chi connectivity index (χ2v) is 20.7.